The van der Waals surface area contributed by atoms with Crippen LogP contribution in [0.3, 0.4) is 0 Å². The van der Waals surface area contributed by atoms with Crippen LogP contribution in [0.25, 0.3) is 0 Å². The molecule has 3 N–H and O–H groups in total. The van der Waals surface area contributed by atoms with E-state index in [4.69, 9.17) is 5.73 Å². The van der Waals surface area contributed by atoms with E-state index in [0.29, 0.717) is 0 Å². The highest BCUT2D eigenvalue weighted by atomic mass is 35.5. The molecule has 4 nitrogen and oxygen atoms in total. The number of nitrogens with one attached hydrogen (secondary N) is 1. The Bertz CT molecular complexity index is 575. The zero-order valence-corrected chi connectivity index (χ0v) is 23.3. The summed E-state index contributed by atoms with van der Waals surface area (Å²) >= 11 is 0. The van der Waals surface area contributed by atoms with Crippen LogP contribution in [-0.2, 0) is 0 Å². The summed E-state index contributed by atoms with van der Waals surface area (Å²) < 4.78 is 0. The summed E-state index contributed by atoms with van der Waals surface area (Å²) in [5.41, 5.74) is 7.12. The Labute approximate surface area is 223 Å². The fourth-order valence-corrected chi connectivity index (χ4v) is 4.32. The molecule has 34 heavy (non-hydrogen) atoms. The number of halogens is 2. The summed E-state index contributed by atoms with van der Waals surface area (Å²) in [6.07, 6.45) is 34.2. The lowest BCUT2D eigenvalue weighted by atomic mass is 10.1. The zero-order chi connectivity index (χ0) is 22.7. The van der Waals surface area contributed by atoms with Gasteiger partial charge in [0.05, 0.1) is 0 Å². The van der Waals surface area contributed by atoms with Gasteiger partial charge in [0.25, 0.3) is 0 Å². The van der Waals surface area contributed by atoms with Crippen molar-refractivity contribution in [1.82, 2.24) is 15.1 Å². The highest BCUT2D eigenvalue weighted by molar-refractivity contribution is 5.85. The second-order valence-corrected chi connectivity index (χ2v) is 9.49. The molecule has 0 aromatic rings. The van der Waals surface area contributed by atoms with Crippen LogP contribution < -0.4 is 11.1 Å². The van der Waals surface area contributed by atoms with Crippen molar-refractivity contribution in [1.29, 1.82) is 0 Å². The van der Waals surface area contributed by atoms with E-state index in [0.717, 1.165) is 19.6 Å². The van der Waals surface area contributed by atoms with Crippen molar-refractivity contribution in [3.63, 3.8) is 0 Å². The van der Waals surface area contributed by atoms with Crippen molar-refractivity contribution in [2.75, 3.05) is 26.2 Å². The number of unbranched alkanes of at least 4 members (excludes halogenated alkanes) is 12. The van der Waals surface area contributed by atoms with E-state index in [2.05, 4.69) is 64.9 Å². The number of nitrogens with zero attached hydrogens (tertiary/aromatic N) is 2. The van der Waals surface area contributed by atoms with Crippen LogP contribution in [0.5, 0.6) is 0 Å². The van der Waals surface area contributed by atoms with E-state index in [-0.39, 0.29) is 30.9 Å². The van der Waals surface area contributed by atoms with Crippen LogP contribution in [0.4, 0.5) is 0 Å². The quantitative estimate of drug-likeness (QED) is 0.177. The Morgan fingerprint density at radius 2 is 1.32 bits per heavy atom. The monoisotopic (exact) mass is 514 g/mol. The normalized spacial score (nSPS) is 15.2. The van der Waals surface area contributed by atoms with E-state index in [1.165, 1.54) is 102 Å². The van der Waals surface area contributed by atoms with Gasteiger partial charge in [-0.1, -0.05) is 77.6 Å². The van der Waals surface area contributed by atoms with Crippen LogP contribution in [0.15, 0.2) is 48.6 Å². The number of hydrogen-bond acceptors (Lipinski definition) is 4. The van der Waals surface area contributed by atoms with Gasteiger partial charge in [0.15, 0.2) is 0 Å². The predicted octanol–water partition coefficient (Wildman–Crippen LogP) is 7.28. The first-order valence-electron chi connectivity index (χ1n) is 13.5. The lowest BCUT2D eigenvalue weighted by molar-refractivity contribution is 0.388. The minimum atomic E-state index is 0. The number of nitrogens with two attached hydrogens (primary N) is 1. The summed E-state index contributed by atoms with van der Waals surface area (Å²) in [5.74, 6) is 0. The Kier molecular flexibility index (Phi) is 21.6. The molecule has 0 fully saturated rings. The van der Waals surface area contributed by atoms with Crippen molar-refractivity contribution in [2.45, 2.75) is 103 Å². The highest BCUT2D eigenvalue weighted by Crippen LogP contribution is 2.12. The molecule has 0 radical (unpaired) electrons. The van der Waals surface area contributed by atoms with Gasteiger partial charge >= 0.3 is 0 Å². The average molecular weight is 516 g/mol. The molecule has 0 atom stereocenters. The van der Waals surface area contributed by atoms with Crippen LogP contribution in [0, 0.1) is 0 Å². The summed E-state index contributed by atoms with van der Waals surface area (Å²) in [4.78, 5) is 4.70. The van der Waals surface area contributed by atoms with Crippen molar-refractivity contribution in [3.05, 3.63) is 48.6 Å². The third-order valence-corrected chi connectivity index (χ3v) is 6.48. The molecule has 2 aliphatic heterocycles. The summed E-state index contributed by atoms with van der Waals surface area (Å²) in [6, 6.07) is 0.0999. The fraction of sp³-hybridized carbons (Fsp3) is 0.714. The number of allylic oxidation sites excluding steroid dienone is 1. The summed E-state index contributed by atoms with van der Waals surface area (Å²) in [6.45, 7) is 6.76. The van der Waals surface area contributed by atoms with Crippen molar-refractivity contribution < 1.29 is 0 Å². The van der Waals surface area contributed by atoms with E-state index >= 15 is 0 Å². The smallest absolute Gasteiger partial charge is 0.0444 e. The lowest BCUT2D eigenvalue weighted by Gasteiger charge is -2.23. The molecule has 0 aliphatic carbocycles. The van der Waals surface area contributed by atoms with E-state index in [9.17, 15) is 0 Å². The number of rotatable bonds is 19. The molecular formula is C28H52Cl2N4. The van der Waals surface area contributed by atoms with Crippen LogP contribution in [-0.4, -0.2) is 42.0 Å². The average Bonchev–Trinajstić information content (AvgIpc) is 2.82. The van der Waals surface area contributed by atoms with Gasteiger partial charge in [-0.2, -0.15) is 0 Å². The van der Waals surface area contributed by atoms with E-state index in [1.54, 1.807) is 0 Å². The van der Waals surface area contributed by atoms with Crippen LogP contribution in [0.2, 0.25) is 0 Å². The molecule has 2 rings (SSSR count). The Morgan fingerprint density at radius 1 is 0.765 bits per heavy atom. The molecule has 0 spiro atoms. The molecule has 198 valence electrons. The molecule has 6 heteroatoms. The van der Waals surface area contributed by atoms with Gasteiger partial charge in [-0.25, -0.2) is 0 Å². The highest BCUT2D eigenvalue weighted by Gasteiger charge is 2.05. The third-order valence-electron chi connectivity index (χ3n) is 6.48. The molecule has 0 amide bonds. The Balaban J connectivity index is 0.00000544. The lowest BCUT2D eigenvalue weighted by Crippen LogP contribution is -2.24. The fourth-order valence-electron chi connectivity index (χ4n) is 4.32. The zero-order valence-electron chi connectivity index (χ0n) is 21.6. The predicted molar refractivity (Wildman–Crippen MR) is 155 cm³/mol. The second-order valence-electron chi connectivity index (χ2n) is 9.49. The maximum absolute atomic E-state index is 5.81. The van der Waals surface area contributed by atoms with Gasteiger partial charge < -0.3 is 20.9 Å². The van der Waals surface area contributed by atoms with Crippen molar-refractivity contribution >= 4 is 24.8 Å². The topological polar surface area (TPSA) is 44.5 Å². The maximum Gasteiger partial charge on any atom is 0.0444 e. The van der Waals surface area contributed by atoms with Crippen LogP contribution >= 0.6 is 24.8 Å². The van der Waals surface area contributed by atoms with E-state index in [1.807, 2.05) is 0 Å². The first-order chi connectivity index (χ1) is 15.8. The minimum absolute atomic E-state index is 0. The van der Waals surface area contributed by atoms with Gasteiger partial charge in [-0.15, -0.1) is 24.8 Å². The van der Waals surface area contributed by atoms with Gasteiger partial charge in [0, 0.05) is 56.5 Å². The molecule has 0 aromatic carbocycles. The first-order valence-corrected chi connectivity index (χ1v) is 13.5. The molecule has 0 aromatic heterocycles. The Morgan fingerprint density at radius 3 is 1.91 bits per heavy atom. The standard InChI is InChI=1S/C28H50N4.2ClH/c1-2-3-4-5-10-13-20-30-28-18-25-32(26-19-28)22-15-12-9-7-6-8-11-14-21-31-23-16-27(29)17-24-31;;/h16-19,23-25,27,30H,2-15,20-22,26,29H2,1H3;2*1H. The summed E-state index contributed by atoms with van der Waals surface area (Å²) in [5, 5.41) is 3.59. The molecule has 0 bridgehead atoms. The third kappa shape index (κ3) is 16.5. The molecule has 2 heterocycles. The van der Waals surface area contributed by atoms with Crippen molar-refractivity contribution in [2.24, 2.45) is 5.73 Å². The minimum Gasteiger partial charge on any atom is -0.385 e. The van der Waals surface area contributed by atoms with Gasteiger partial charge in [0.1, 0.15) is 0 Å². The molecule has 0 saturated heterocycles. The van der Waals surface area contributed by atoms with Gasteiger partial charge in [0.2, 0.25) is 0 Å². The summed E-state index contributed by atoms with van der Waals surface area (Å²) in [7, 11) is 0. The number of hydrogen-bond donors (Lipinski definition) is 2. The SMILES string of the molecule is CCCCCCCCNC1=CCN(CCCCCCCCCCN2C=CC(N)C=C2)C=C1.Cl.Cl. The molecule has 0 saturated carbocycles. The Hall–Kier alpha value is -1.10. The van der Waals surface area contributed by atoms with E-state index < -0.39 is 0 Å². The first kappa shape index (κ1) is 32.9. The van der Waals surface area contributed by atoms with Gasteiger partial charge in [-0.3, -0.25) is 0 Å². The molecule has 2 aliphatic rings. The van der Waals surface area contributed by atoms with Crippen molar-refractivity contribution in [3.8, 4) is 0 Å². The maximum atomic E-state index is 5.81. The molecule has 0 unspecified atom stereocenters. The molecular weight excluding hydrogens is 463 g/mol. The second kappa shape index (κ2) is 22.4. The largest absolute Gasteiger partial charge is 0.385 e. The van der Waals surface area contributed by atoms with Crippen LogP contribution in [0.1, 0.15) is 96.8 Å². The van der Waals surface area contributed by atoms with Gasteiger partial charge in [-0.05, 0) is 43.6 Å².